The topological polar surface area (TPSA) is 71.4 Å². The van der Waals surface area contributed by atoms with Crippen LogP contribution in [0.15, 0.2) is 35.7 Å². The largest absolute Gasteiger partial charge is 0.478 e. The van der Waals surface area contributed by atoms with Crippen LogP contribution < -0.4 is 0 Å². The molecule has 1 N–H and O–H groups in total. The fourth-order valence-electron chi connectivity index (χ4n) is 1.19. The van der Waals surface area contributed by atoms with E-state index >= 15 is 0 Å². The normalized spacial score (nSPS) is 13.1. The van der Waals surface area contributed by atoms with Gasteiger partial charge in [-0.25, -0.2) is 17.6 Å². The Balaban J connectivity index is 3.35. The van der Waals surface area contributed by atoms with Crippen molar-refractivity contribution in [3.63, 3.8) is 0 Å². The van der Waals surface area contributed by atoms with Crippen molar-refractivity contribution in [1.82, 2.24) is 0 Å². The summed E-state index contributed by atoms with van der Waals surface area (Å²) in [5, 5.41) is 7.69. The van der Waals surface area contributed by atoms with Gasteiger partial charge >= 0.3 is 5.97 Å². The predicted molar refractivity (Wildman–Crippen MR) is 60.2 cm³/mol. The van der Waals surface area contributed by atoms with E-state index in [1.807, 2.05) is 0 Å². The quantitative estimate of drug-likeness (QED) is 0.837. The van der Waals surface area contributed by atoms with Gasteiger partial charge in [-0.3, -0.25) is 0 Å². The van der Waals surface area contributed by atoms with Crippen molar-refractivity contribution in [1.29, 1.82) is 0 Å². The highest BCUT2D eigenvalue weighted by atomic mass is 32.2. The van der Waals surface area contributed by atoms with E-state index in [1.54, 1.807) is 0 Å². The van der Waals surface area contributed by atoms with Gasteiger partial charge in [-0.05, 0) is 25.1 Å². The molecule has 0 heterocycles. The van der Waals surface area contributed by atoms with Crippen LogP contribution >= 0.6 is 0 Å². The first-order chi connectivity index (χ1) is 7.80. The first-order valence-corrected chi connectivity index (χ1v) is 6.24. The van der Waals surface area contributed by atoms with Gasteiger partial charge in [0.2, 0.25) is 0 Å². The molecule has 1 aromatic rings. The number of carboxylic acids is 1. The monoisotopic (exact) mass is 258 g/mol. The molecule has 0 aliphatic rings. The van der Waals surface area contributed by atoms with Crippen LogP contribution in [-0.2, 0) is 9.84 Å². The summed E-state index contributed by atoms with van der Waals surface area (Å²) in [4.78, 5) is 10.1. The van der Waals surface area contributed by atoms with Gasteiger partial charge in [0, 0.05) is 0 Å². The van der Waals surface area contributed by atoms with E-state index in [4.69, 9.17) is 5.11 Å². The number of hydrogen-bond donors (Lipinski definition) is 1. The maximum Gasteiger partial charge on any atom is 0.335 e. The fourth-order valence-corrected chi connectivity index (χ4v) is 2.43. The molecule has 0 radical (unpaired) electrons. The van der Waals surface area contributed by atoms with Crippen molar-refractivity contribution in [2.45, 2.75) is 17.1 Å². The third-order valence-electron chi connectivity index (χ3n) is 2.31. The number of rotatable bonds is 4. The molecule has 0 bridgehead atoms. The minimum atomic E-state index is -3.85. The summed E-state index contributed by atoms with van der Waals surface area (Å²) < 4.78 is 37.1. The molecule has 92 valence electrons. The highest BCUT2D eigenvalue weighted by molar-refractivity contribution is 7.92. The summed E-state index contributed by atoms with van der Waals surface area (Å²) >= 11 is 0. The predicted octanol–water partition coefficient (Wildman–Crippen LogP) is 1.87. The van der Waals surface area contributed by atoms with Crippen molar-refractivity contribution in [3.8, 4) is 0 Å². The number of halogens is 1. The summed E-state index contributed by atoms with van der Waals surface area (Å²) in [6.45, 7) is 4.70. The van der Waals surface area contributed by atoms with Gasteiger partial charge in [0.25, 0.3) is 0 Å². The number of sulfone groups is 1. The zero-order valence-corrected chi connectivity index (χ0v) is 9.87. The Morgan fingerprint density at radius 3 is 2.53 bits per heavy atom. The number of aromatic carboxylic acids is 1. The molecular weight excluding hydrogens is 247 g/mol. The van der Waals surface area contributed by atoms with Crippen LogP contribution in [0.25, 0.3) is 0 Å². The second-order valence-electron chi connectivity index (χ2n) is 3.44. The van der Waals surface area contributed by atoms with E-state index < -0.39 is 31.8 Å². The Labute approximate surface area is 98.3 Å². The van der Waals surface area contributed by atoms with Crippen molar-refractivity contribution in [3.05, 3.63) is 42.2 Å². The number of hydrogen-bond acceptors (Lipinski definition) is 3. The zero-order valence-electron chi connectivity index (χ0n) is 9.05. The van der Waals surface area contributed by atoms with Crippen LogP contribution in [0, 0.1) is 5.82 Å². The first-order valence-electron chi connectivity index (χ1n) is 4.70. The molecule has 0 aromatic heterocycles. The molecule has 6 heteroatoms. The van der Waals surface area contributed by atoms with Gasteiger partial charge in [0.15, 0.2) is 9.84 Å². The van der Waals surface area contributed by atoms with Crippen LogP contribution in [0.5, 0.6) is 0 Å². The van der Waals surface area contributed by atoms with E-state index in [0.717, 1.165) is 12.1 Å². The Morgan fingerprint density at radius 2 is 2.12 bits per heavy atom. The Hall–Kier alpha value is -1.69. The van der Waals surface area contributed by atoms with Crippen LogP contribution in [0.4, 0.5) is 4.39 Å². The molecule has 1 aromatic carbocycles. The molecule has 0 aliphatic carbocycles. The minimum absolute atomic E-state index is 0.298. The molecule has 17 heavy (non-hydrogen) atoms. The van der Waals surface area contributed by atoms with E-state index in [1.165, 1.54) is 13.0 Å². The molecule has 0 saturated heterocycles. The SMILES string of the molecule is C=CC(C)S(=O)(=O)c1ccc(C(=O)O)cc1F. The van der Waals surface area contributed by atoms with Gasteiger partial charge < -0.3 is 5.11 Å². The third kappa shape index (κ3) is 2.52. The van der Waals surface area contributed by atoms with Gasteiger partial charge in [0.05, 0.1) is 10.8 Å². The van der Waals surface area contributed by atoms with Crippen molar-refractivity contribution in [2.75, 3.05) is 0 Å². The average Bonchev–Trinajstić information content (AvgIpc) is 2.27. The van der Waals surface area contributed by atoms with Crippen LogP contribution in [0.1, 0.15) is 17.3 Å². The lowest BCUT2D eigenvalue weighted by Crippen LogP contribution is -2.17. The van der Waals surface area contributed by atoms with Crippen molar-refractivity contribution >= 4 is 15.8 Å². The average molecular weight is 258 g/mol. The molecule has 1 unspecified atom stereocenters. The Bertz CT molecular complexity index is 563. The lowest BCUT2D eigenvalue weighted by atomic mass is 10.2. The highest BCUT2D eigenvalue weighted by Crippen LogP contribution is 2.21. The molecule has 4 nitrogen and oxygen atoms in total. The molecular formula is C11H11FO4S. The number of benzene rings is 1. The number of carboxylic acid groups (broad SMARTS) is 1. The lowest BCUT2D eigenvalue weighted by Gasteiger charge is -2.09. The van der Waals surface area contributed by atoms with Gasteiger partial charge in [-0.2, -0.15) is 0 Å². The summed E-state index contributed by atoms with van der Waals surface area (Å²) in [5.41, 5.74) is -0.298. The van der Waals surface area contributed by atoms with Crippen molar-refractivity contribution in [2.24, 2.45) is 0 Å². The summed E-state index contributed by atoms with van der Waals surface area (Å²) in [6.07, 6.45) is 1.18. The molecule has 1 atom stereocenters. The Morgan fingerprint density at radius 1 is 1.53 bits per heavy atom. The zero-order chi connectivity index (χ0) is 13.2. The second kappa shape index (κ2) is 4.67. The van der Waals surface area contributed by atoms with Crippen LogP contribution in [0.3, 0.4) is 0 Å². The van der Waals surface area contributed by atoms with E-state index in [-0.39, 0.29) is 5.56 Å². The Kier molecular flexibility index (Phi) is 3.67. The summed E-state index contributed by atoms with van der Waals surface area (Å²) in [6, 6.07) is 2.69. The summed E-state index contributed by atoms with van der Waals surface area (Å²) in [5.74, 6) is -2.39. The fraction of sp³-hybridized carbons (Fsp3) is 0.182. The highest BCUT2D eigenvalue weighted by Gasteiger charge is 2.24. The second-order valence-corrected chi connectivity index (χ2v) is 5.71. The molecule has 1 rings (SSSR count). The molecule has 0 saturated carbocycles. The minimum Gasteiger partial charge on any atom is -0.478 e. The van der Waals surface area contributed by atoms with E-state index in [2.05, 4.69) is 6.58 Å². The smallest absolute Gasteiger partial charge is 0.335 e. The van der Waals surface area contributed by atoms with E-state index in [0.29, 0.717) is 6.07 Å². The molecule has 0 spiro atoms. The first kappa shape index (κ1) is 13.4. The summed E-state index contributed by atoms with van der Waals surface area (Å²) in [7, 11) is -3.85. The lowest BCUT2D eigenvalue weighted by molar-refractivity contribution is 0.0696. The standard InChI is InChI=1S/C11H11FO4S/c1-3-7(2)17(15,16)10-5-4-8(11(13)14)6-9(10)12/h3-7H,1H2,2H3,(H,13,14). The van der Waals surface area contributed by atoms with Crippen molar-refractivity contribution < 1.29 is 22.7 Å². The molecule has 0 amide bonds. The van der Waals surface area contributed by atoms with Gasteiger partial charge in [0.1, 0.15) is 10.7 Å². The van der Waals surface area contributed by atoms with Gasteiger partial charge in [-0.1, -0.05) is 6.08 Å². The van der Waals surface area contributed by atoms with Gasteiger partial charge in [-0.15, -0.1) is 6.58 Å². The van der Waals surface area contributed by atoms with E-state index in [9.17, 15) is 17.6 Å². The molecule has 0 aliphatic heterocycles. The van der Waals surface area contributed by atoms with Crippen LogP contribution in [-0.4, -0.2) is 24.7 Å². The maximum absolute atomic E-state index is 13.5. The maximum atomic E-state index is 13.5. The third-order valence-corrected chi connectivity index (χ3v) is 4.42. The number of carbonyl (C=O) groups is 1. The van der Waals surface area contributed by atoms with Crippen LogP contribution in [0.2, 0.25) is 0 Å². The molecule has 0 fully saturated rings.